The molecule has 1 aromatic carbocycles. The maximum Gasteiger partial charge on any atom is 0.0321 e. The van der Waals surface area contributed by atoms with Crippen LogP contribution in [-0.2, 0) is 0 Å². The van der Waals surface area contributed by atoms with Crippen LogP contribution in [0.3, 0.4) is 0 Å². The molecule has 1 fully saturated rings. The summed E-state index contributed by atoms with van der Waals surface area (Å²) in [5.74, 6) is 0. The van der Waals surface area contributed by atoms with Gasteiger partial charge < -0.3 is 5.73 Å². The number of nitrogens with zero attached hydrogens (tertiary/aromatic N) is 2. The van der Waals surface area contributed by atoms with E-state index in [2.05, 4.69) is 42.7 Å². The number of nitrogens with two attached hydrogens (primary N) is 1. The van der Waals surface area contributed by atoms with Gasteiger partial charge in [-0.25, -0.2) is 0 Å². The Bertz CT molecular complexity index is 381. The van der Waals surface area contributed by atoms with Gasteiger partial charge in [0, 0.05) is 44.0 Å². The van der Waals surface area contributed by atoms with Crippen molar-refractivity contribution in [2.75, 3.05) is 31.9 Å². The van der Waals surface area contributed by atoms with E-state index in [9.17, 15) is 0 Å². The number of piperazine rings is 1. The van der Waals surface area contributed by atoms with E-state index in [4.69, 9.17) is 5.73 Å². The molecule has 100 valence electrons. The molecule has 0 amide bonds. The van der Waals surface area contributed by atoms with E-state index in [1.807, 2.05) is 12.1 Å². The second kappa shape index (κ2) is 5.72. The highest BCUT2D eigenvalue weighted by molar-refractivity contribution is 5.41. The first-order valence-electron chi connectivity index (χ1n) is 6.91. The summed E-state index contributed by atoms with van der Waals surface area (Å²) < 4.78 is 0. The van der Waals surface area contributed by atoms with E-state index in [0.29, 0.717) is 12.1 Å². The van der Waals surface area contributed by atoms with Crippen molar-refractivity contribution >= 4 is 5.69 Å². The maximum absolute atomic E-state index is 5.86. The van der Waals surface area contributed by atoms with Gasteiger partial charge in [-0.2, -0.15) is 0 Å². The highest BCUT2D eigenvalue weighted by Gasteiger charge is 2.23. The molecule has 0 bridgehead atoms. The standard InChI is InChI=1S/C15H25N3/c1-12(2)17-7-9-18(10-8-17)13(3)14-5-4-6-15(16)11-14/h4-6,11-13H,7-10,16H2,1-3H3. The van der Waals surface area contributed by atoms with Crippen LogP contribution < -0.4 is 5.73 Å². The molecule has 1 saturated heterocycles. The molecule has 1 aliphatic heterocycles. The lowest BCUT2D eigenvalue weighted by Crippen LogP contribution is -2.49. The number of anilines is 1. The molecular weight excluding hydrogens is 222 g/mol. The topological polar surface area (TPSA) is 32.5 Å². The van der Waals surface area contributed by atoms with E-state index < -0.39 is 0 Å². The van der Waals surface area contributed by atoms with Crippen LogP contribution in [0.15, 0.2) is 24.3 Å². The van der Waals surface area contributed by atoms with Gasteiger partial charge in [-0.1, -0.05) is 12.1 Å². The molecule has 18 heavy (non-hydrogen) atoms. The molecule has 2 rings (SSSR count). The maximum atomic E-state index is 5.86. The Morgan fingerprint density at radius 3 is 2.17 bits per heavy atom. The largest absolute Gasteiger partial charge is 0.399 e. The van der Waals surface area contributed by atoms with Gasteiger partial charge >= 0.3 is 0 Å². The predicted molar refractivity (Wildman–Crippen MR) is 77.6 cm³/mol. The first-order chi connectivity index (χ1) is 8.58. The summed E-state index contributed by atoms with van der Waals surface area (Å²) in [4.78, 5) is 5.09. The quantitative estimate of drug-likeness (QED) is 0.832. The zero-order valence-corrected chi connectivity index (χ0v) is 11.8. The second-order valence-corrected chi connectivity index (χ2v) is 5.51. The van der Waals surface area contributed by atoms with Crippen molar-refractivity contribution in [3.8, 4) is 0 Å². The van der Waals surface area contributed by atoms with E-state index >= 15 is 0 Å². The van der Waals surface area contributed by atoms with Gasteiger partial charge in [0.05, 0.1) is 0 Å². The lowest BCUT2D eigenvalue weighted by Gasteiger charge is -2.40. The number of nitrogen functional groups attached to an aromatic ring is 1. The molecule has 0 saturated carbocycles. The highest BCUT2D eigenvalue weighted by atomic mass is 15.3. The van der Waals surface area contributed by atoms with E-state index in [1.165, 1.54) is 18.7 Å². The van der Waals surface area contributed by atoms with Crippen LogP contribution in [0.5, 0.6) is 0 Å². The van der Waals surface area contributed by atoms with Crippen LogP contribution in [0.2, 0.25) is 0 Å². The fraction of sp³-hybridized carbons (Fsp3) is 0.600. The average molecular weight is 247 g/mol. The SMILES string of the molecule is CC(C)N1CCN(C(C)c2cccc(N)c2)CC1. The fourth-order valence-electron chi connectivity index (χ4n) is 2.67. The molecule has 1 atom stereocenters. The minimum Gasteiger partial charge on any atom is -0.399 e. The Labute approximate surface area is 111 Å². The van der Waals surface area contributed by atoms with Crippen molar-refractivity contribution in [3.63, 3.8) is 0 Å². The Kier molecular flexibility index (Phi) is 4.25. The third-order valence-electron chi connectivity index (χ3n) is 4.02. The van der Waals surface area contributed by atoms with E-state index in [1.54, 1.807) is 0 Å². The van der Waals surface area contributed by atoms with Crippen molar-refractivity contribution in [2.24, 2.45) is 0 Å². The van der Waals surface area contributed by atoms with E-state index in [-0.39, 0.29) is 0 Å². The molecule has 1 unspecified atom stereocenters. The first-order valence-corrected chi connectivity index (χ1v) is 6.91. The van der Waals surface area contributed by atoms with Gasteiger partial charge in [-0.15, -0.1) is 0 Å². The normalized spacial score (nSPS) is 20.2. The van der Waals surface area contributed by atoms with Crippen LogP contribution >= 0.6 is 0 Å². The van der Waals surface area contributed by atoms with Crippen molar-refractivity contribution in [1.29, 1.82) is 0 Å². The van der Waals surface area contributed by atoms with Crippen LogP contribution in [0, 0.1) is 0 Å². The summed E-state index contributed by atoms with van der Waals surface area (Å²) in [5, 5.41) is 0. The molecule has 0 radical (unpaired) electrons. The fourth-order valence-corrected chi connectivity index (χ4v) is 2.67. The third kappa shape index (κ3) is 3.03. The summed E-state index contributed by atoms with van der Waals surface area (Å²) in [5.41, 5.74) is 8.05. The van der Waals surface area contributed by atoms with Gasteiger partial charge in [0.25, 0.3) is 0 Å². The van der Waals surface area contributed by atoms with Gasteiger partial charge in [-0.05, 0) is 38.5 Å². The average Bonchev–Trinajstić information content (AvgIpc) is 2.38. The Balaban J connectivity index is 1.97. The van der Waals surface area contributed by atoms with Crippen molar-refractivity contribution < 1.29 is 0 Å². The van der Waals surface area contributed by atoms with Crippen LogP contribution in [0.1, 0.15) is 32.4 Å². The zero-order chi connectivity index (χ0) is 13.1. The molecule has 0 aliphatic carbocycles. The molecule has 1 heterocycles. The Morgan fingerprint density at radius 2 is 1.61 bits per heavy atom. The molecule has 2 N–H and O–H groups in total. The molecule has 1 aromatic rings. The minimum atomic E-state index is 0.461. The van der Waals surface area contributed by atoms with Gasteiger partial charge in [-0.3, -0.25) is 9.80 Å². The molecule has 0 aromatic heterocycles. The summed E-state index contributed by atoms with van der Waals surface area (Å²) in [6, 6.07) is 9.39. The monoisotopic (exact) mass is 247 g/mol. The smallest absolute Gasteiger partial charge is 0.0321 e. The van der Waals surface area contributed by atoms with E-state index in [0.717, 1.165) is 18.8 Å². The Morgan fingerprint density at radius 1 is 1.00 bits per heavy atom. The lowest BCUT2D eigenvalue weighted by atomic mass is 10.1. The van der Waals surface area contributed by atoms with Crippen molar-refractivity contribution in [3.05, 3.63) is 29.8 Å². The summed E-state index contributed by atoms with van der Waals surface area (Å²) in [6.07, 6.45) is 0. The second-order valence-electron chi connectivity index (χ2n) is 5.51. The number of hydrogen-bond donors (Lipinski definition) is 1. The summed E-state index contributed by atoms with van der Waals surface area (Å²) in [7, 11) is 0. The lowest BCUT2D eigenvalue weighted by molar-refractivity contribution is 0.0834. The highest BCUT2D eigenvalue weighted by Crippen LogP contribution is 2.23. The predicted octanol–water partition coefficient (Wildman–Crippen LogP) is 2.36. The van der Waals surface area contributed by atoms with Crippen molar-refractivity contribution in [1.82, 2.24) is 9.80 Å². The zero-order valence-electron chi connectivity index (χ0n) is 11.8. The van der Waals surface area contributed by atoms with Gasteiger partial charge in [0.2, 0.25) is 0 Å². The van der Waals surface area contributed by atoms with Gasteiger partial charge in [0.15, 0.2) is 0 Å². The number of rotatable bonds is 3. The first kappa shape index (κ1) is 13.4. The number of benzene rings is 1. The minimum absolute atomic E-state index is 0.461. The molecule has 3 heteroatoms. The third-order valence-corrected chi connectivity index (χ3v) is 4.02. The number of hydrogen-bond acceptors (Lipinski definition) is 3. The van der Waals surface area contributed by atoms with Crippen LogP contribution in [-0.4, -0.2) is 42.0 Å². The Hall–Kier alpha value is -1.06. The van der Waals surface area contributed by atoms with Crippen molar-refractivity contribution in [2.45, 2.75) is 32.9 Å². The molecule has 1 aliphatic rings. The summed E-state index contributed by atoms with van der Waals surface area (Å²) in [6.45, 7) is 11.5. The van der Waals surface area contributed by atoms with Gasteiger partial charge in [0.1, 0.15) is 0 Å². The van der Waals surface area contributed by atoms with Crippen LogP contribution in [0.4, 0.5) is 5.69 Å². The molecular formula is C15H25N3. The molecule has 3 nitrogen and oxygen atoms in total. The summed E-state index contributed by atoms with van der Waals surface area (Å²) >= 11 is 0. The van der Waals surface area contributed by atoms with Crippen LogP contribution in [0.25, 0.3) is 0 Å². The molecule has 0 spiro atoms.